The van der Waals surface area contributed by atoms with Crippen molar-refractivity contribution in [3.05, 3.63) is 58.1 Å². The van der Waals surface area contributed by atoms with Gasteiger partial charge in [-0.25, -0.2) is 0 Å². The predicted octanol–water partition coefficient (Wildman–Crippen LogP) is 4.68. The highest BCUT2D eigenvalue weighted by Crippen LogP contribution is 2.49. The molecule has 152 valence electrons. The molecule has 2 aromatic carbocycles. The molecule has 1 heterocycles. The lowest BCUT2D eigenvalue weighted by Crippen LogP contribution is -2.42. The molecule has 1 aliphatic heterocycles. The third kappa shape index (κ3) is 4.51. The van der Waals surface area contributed by atoms with E-state index in [1.54, 1.807) is 18.2 Å². The first-order valence-corrected chi connectivity index (χ1v) is 10.5. The number of hydrogen-bond acceptors (Lipinski definition) is 3. The molecule has 2 fully saturated rings. The standard InChI is InChI=1S/C22H22Cl2N2O3/c23-19-6-1-14(11-20(19)24)17-12-18(17)22(29)26-9-7-13(8-10-26)21(28)25-15-2-4-16(27)5-3-15/h1-6,11,13,17-18,27H,7-10,12H2,(H,25,28)/t17-,18+/m0/s1. The average Bonchev–Trinajstić information content (AvgIpc) is 3.52. The molecule has 7 heteroatoms. The van der Waals surface area contributed by atoms with Crippen LogP contribution in [0.25, 0.3) is 0 Å². The van der Waals surface area contributed by atoms with Crippen LogP contribution >= 0.6 is 23.2 Å². The SMILES string of the molecule is O=C(Nc1ccc(O)cc1)C1CCN(C(=O)[C@@H]2C[C@H]2c2ccc(Cl)c(Cl)c2)CC1. The summed E-state index contributed by atoms with van der Waals surface area (Å²) in [6.07, 6.45) is 2.14. The second-order valence-electron chi connectivity index (χ2n) is 7.76. The van der Waals surface area contributed by atoms with Gasteiger partial charge in [0.25, 0.3) is 0 Å². The fraction of sp³-hybridized carbons (Fsp3) is 0.364. The summed E-state index contributed by atoms with van der Waals surface area (Å²) in [5, 5.41) is 13.2. The number of halogens is 2. The van der Waals surface area contributed by atoms with Crippen molar-refractivity contribution in [1.29, 1.82) is 0 Å². The Kier molecular flexibility index (Phi) is 5.70. The zero-order valence-electron chi connectivity index (χ0n) is 15.8. The highest BCUT2D eigenvalue weighted by molar-refractivity contribution is 6.42. The number of aromatic hydroxyl groups is 1. The normalized spacial score (nSPS) is 21.7. The molecule has 1 aliphatic carbocycles. The Morgan fingerprint density at radius 1 is 1.00 bits per heavy atom. The van der Waals surface area contributed by atoms with Crippen LogP contribution in [0.1, 0.15) is 30.7 Å². The summed E-state index contributed by atoms with van der Waals surface area (Å²) < 4.78 is 0. The highest BCUT2D eigenvalue weighted by Gasteiger charge is 2.46. The number of anilines is 1. The summed E-state index contributed by atoms with van der Waals surface area (Å²) in [7, 11) is 0. The van der Waals surface area contributed by atoms with Crippen LogP contribution in [-0.2, 0) is 9.59 Å². The van der Waals surface area contributed by atoms with Gasteiger partial charge >= 0.3 is 0 Å². The van der Waals surface area contributed by atoms with Gasteiger partial charge < -0.3 is 15.3 Å². The van der Waals surface area contributed by atoms with Crippen molar-refractivity contribution >= 4 is 40.7 Å². The Hall–Kier alpha value is -2.24. The minimum absolute atomic E-state index is 0.00499. The first kappa shape index (κ1) is 20.0. The van der Waals surface area contributed by atoms with Crippen molar-refractivity contribution in [2.24, 2.45) is 11.8 Å². The van der Waals surface area contributed by atoms with Crippen molar-refractivity contribution in [3.8, 4) is 5.75 Å². The second kappa shape index (κ2) is 8.25. The lowest BCUT2D eigenvalue weighted by molar-refractivity contribution is -0.135. The molecule has 1 saturated carbocycles. The first-order chi connectivity index (χ1) is 13.9. The maximum Gasteiger partial charge on any atom is 0.227 e. The van der Waals surface area contributed by atoms with E-state index in [9.17, 15) is 14.7 Å². The van der Waals surface area contributed by atoms with Crippen LogP contribution in [0.3, 0.4) is 0 Å². The fourth-order valence-electron chi connectivity index (χ4n) is 3.96. The number of likely N-dealkylation sites (tertiary alicyclic amines) is 1. The van der Waals surface area contributed by atoms with E-state index in [4.69, 9.17) is 23.2 Å². The van der Waals surface area contributed by atoms with Gasteiger partial charge in [0.05, 0.1) is 10.0 Å². The molecule has 2 aliphatic rings. The summed E-state index contributed by atoms with van der Waals surface area (Å²) in [5.41, 5.74) is 1.72. The van der Waals surface area contributed by atoms with Gasteiger partial charge in [-0.05, 0) is 67.1 Å². The van der Waals surface area contributed by atoms with Crippen molar-refractivity contribution in [3.63, 3.8) is 0 Å². The number of carbonyl (C=O) groups excluding carboxylic acids is 2. The largest absolute Gasteiger partial charge is 0.508 e. The van der Waals surface area contributed by atoms with E-state index in [0.29, 0.717) is 41.7 Å². The quantitative estimate of drug-likeness (QED) is 0.688. The Labute approximate surface area is 179 Å². The van der Waals surface area contributed by atoms with E-state index in [1.165, 1.54) is 12.1 Å². The minimum Gasteiger partial charge on any atom is -0.508 e. The van der Waals surface area contributed by atoms with E-state index in [0.717, 1.165) is 12.0 Å². The number of nitrogens with zero attached hydrogens (tertiary/aromatic N) is 1. The molecule has 2 aromatic rings. The molecule has 2 N–H and O–H groups in total. The number of carbonyl (C=O) groups is 2. The number of phenolic OH excluding ortho intramolecular Hbond substituents is 1. The van der Waals surface area contributed by atoms with Crippen LogP contribution in [0.4, 0.5) is 5.69 Å². The van der Waals surface area contributed by atoms with Gasteiger partial charge in [-0.15, -0.1) is 0 Å². The molecule has 5 nitrogen and oxygen atoms in total. The van der Waals surface area contributed by atoms with E-state index >= 15 is 0 Å². The molecule has 2 atom stereocenters. The number of benzene rings is 2. The summed E-state index contributed by atoms with van der Waals surface area (Å²) in [5.74, 6) is 0.371. The van der Waals surface area contributed by atoms with E-state index in [1.807, 2.05) is 17.0 Å². The molecule has 0 bridgehead atoms. The van der Waals surface area contributed by atoms with Crippen molar-refractivity contribution in [1.82, 2.24) is 4.90 Å². The molecule has 29 heavy (non-hydrogen) atoms. The van der Waals surface area contributed by atoms with Crippen LogP contribution in [0.5, 0.6) is 5.75 Å². The van der Waals surface area contributed by atoms with E-state index in [2.05, 4.69) is 5.32 Å². The lowest BCUT2D eigenvalue weighted by atomic mass is 9.95. The molecule has 1 saturated heterocycles. The fourth-order valence-corrected chi connectivity index (χ4v) is 4.27. The lowest BCUT2D eigenvalue weighted by Gasteiger charge is -2.31. The van der Waals surface area contributed by atoms with Gasteiger partial charge in [0.1, 0.15) is 5.75 Å². The highest BCUT2D eigenvalue weighted by atomic mass is 35.5. The van der Waals surface area contributed by atoms with Crippen LogP contribution < -0.4 is 5.32 Å². The smallest absolute Gasteiger partial charge is 0.227 e. The van der Waals surface area contributed by atoms with Gasteiger partial charge in [-0.2, -0.15) is 0 Å². The molecule has 0 radical (unpaired) electrons. The molecule has 0 aromatic heterocycles. The number of rotatable bonds is 4. The zero-order valence-corrected chi connectivity index (χ0v) is 17.3. The van der Waals surface area contributed by atoms with Crippen LogP contribution in [0.15, 0.2) is 42.5 Å². The van der Waals surface area contributed by atoms with Crippen LogP contribution in [-0.4, -0.2) is 34.9 Å². The second-order valence-corrected chi connectivity index (χ2v) is 8.57. The molecular formula is C22H22Cl2N2O3. The molecular weight excluding hydrogens is 411 g/mol. The van der Waals surface area contributed by atoms with Crippen molar-refractivity contribution < 1.29 is 14.7 Å². The maximum atomic E-state index is 12.8. The van der Waals surface area contributed by atoms with Gasteiger partial charge in [-0.3, -0.25) is 9.59 Å². The number of nitrogens with one attached hydrogen (secondary N) is 1. The number of piperidine rings is 1. The Morgan fingerprint density at radius 3 is 2.34 bits per heavy atom. The van der Waals surface area contributed by atoms with Crippen LogP contribution in [0.2, 0.25) is 10.0 Å². The summed E-state index contributed by atoms with van der Waals surface area (Å²) in [6.45, 7) is 1.19. The van der Waals surface area contributed by atoms with Crippen LogP contribution in [0, 0.1) is 11.8 Å². The molecule has 2 amide bonds. The topological polar surface area (TPSA) is 69.6 Å². The monoisotopic (exact) mass is 432 g/mol. The van der Waals surface area contributed by atoms with Gasteiger partial charge in [0.15, 0.2) is 0 Å². The Morgan fingerprint density at radius 2 is 1.69 bits per heavy atom. The summed E-state index contributed by atoms with van der Waals surface area (Å²) in [6, 6.07) is 12.0. The van der Waals surface area contributed by atoms with Gasteiger partial charge in [0, 0.05) is 30.6 Å². The Balaban J connectivity index is 1.28. The van der Waals surface area contributed by atoms with Gasteiger partial charge in [-0.1, -0.05) is 29.3 Å². The third-order valence-corrected chi connectivity index (χ3v) is 6.53. The molecule has 0 unspecified atom stereocenters. The number of amides is 2. The average molecular weight is 433 g/mol. The number of phenols is 1. The maximum absolute atomic E-state index is 12.8. The van der Waals surface area contributed by atoms with E-state index in [-0.39, 0.29) is 35.3 Å². The minimum atomic E-state index is -0.113. The number of hydrogen-bond donors (Lipinski definition) is 2. The van der Waals surface area contributed by atoms with Gasteiger partial charge in [0.2, 0.25) is 11.8 Å². The Bertz CT molecular complexity index is 924. The van der Waals surface area contributed by atoms with E-state index < -0.39 is 0 Å². The zero-order chi connectivity index (χ0) is 20.5. The summed E-state index contributed by atoms with van der Waals surface area (Å²) >= 11 is 12.1. The summed E-state index contributed by atoms with van der Waals surface area (Å²) in [4.78, 5) is 27.2. The molecule has 4 rings (SSSR count). The first-order valence-electron chi connectivity index (χ1n) is 9.76. The van der Waals surface area contributed by atoms with Crippen molar-refractivity contribution in [2.45, 2.75) is 25.2 Å². The molecule has 0 spiro atoms. The third-order valence-electron chi connectivity index (χ3n) is 5.79. The van der Waals surface area contributed by atoms with Crippen molar-refractivity contribution in [2.75, 3.05) is 18.4 Å². The predicted molar refractivity (Wildman–Crippen MR) is 113 cm³/mol.